The monoisotopic (exact) mass is 261 g/mol. The molecule has 0 spiro atoms. The maximum Gasteiger partial charge on any atom is 0.149 e. The van der Waals surface area contributed by atoms with Crippen LogP contribution >= 0.6 is 0 Å². The molecule has 1 unspecified atom stereocenters. The molecule has 0 amide bonds. The van der Waals surface area contributed by atoms with Gasteiger partial charge in [0, 0.05) is 17.8 Å². The number of nitrogens with two attached hydrogens (primary N) is 1. The van der Waals surface area contributed by atoms with Gasteiger partial charge in [-0.15, -0.1) is 0 Å². The van der Waals surface area contributed by atoms with E-state index in [1.165, 1.54) is 17.7 Å². The van der Waals surface area contributed by atoms with E-state index in [4.69, 9.17) is 10.7 Å². The highest BCUT2D eigenvalue weighted by molar-refractivity contribution is 5.45. The summed E-state index contributed by atoms with van der Waals surface area (Å²) in [6.07, 6.45) is 4.46. The third kappa shape index (κ3) is 2.44. The molecule has 1 aromatic heterocycles. The molecule has 1 aliphatic carbocycles. The van der Waals surface area contributed by atoms with Gasteiger partial charge in [0.1, 0.15) is 11.6 Å². The lowest BCUT2D eigenvalue weighted by atomic mass is 10.2. The second-order valence-corrected chi connectivity index (χ2v) is 5.86. The van der Waals surface area contributed by atoms with Crippen LogP contribution in [0.4, 0.5) is 5.82 Å². The van der Waals surface area contributed by atoms with E-state index in [-0.39, 0.29) is 6.04 Å². The molecular weight excluding hydrogens is 238 g/mol. The highest BCUT2D eigenvalue weighted by Gasteiger charge is 2.27. The smallest absolute Gasteiger partial charge is 0.149 e. The summed E-state index contributed by atoms with van der Waals surface area (Å²) in [5.41, 5.74) is 8.49. The molecule has 5 heteroatoms. The quantitative estimate of drug-likeness (QED) is 0.812. The normalized spacial score (nSPS) is 25.3. The van der Waals surface area contributed by atoms with Crippen LogP contribution in [0.15, 0.2) is 0 Å². The van der Waals surface area contributed by atoms with E-state index < -0.39 is 0 Å². The van der Waals surface area contributed by atoms with Gasteiger partial charge in [-0.25, -0.2) is 9.97 Å². The summed E-state index contributed by atoms with van der Waals surface area (Å²) in [5, 5.41) is 0. The van der Waals surface area contributed by atoms with E-state index in [1.54, 1.807) is 0 Å². The number of rotatable bonds is 1. The molecule has 2 N–H and O–H groups in total. The Morgan fingerprint density at radius 2 is 1.95 bits per heavy atom. The van der Waals surface area contributed by atoms with E-state index >= 15 is 0 Å². The Morgan fingerprint density at radius 1 is 1.11 bits per heavy atom. The van der Waals surface area contributed by atoms with Crippen LogP contribution in [0.2, 0.25) is 0 Å². The number of fused-ring (bicyclic) bond motifs is 1. The summed E-state index contributed by atoms with van der Waals surface area (Å²) < 4.78 is 0. The van der Waals surface area contributed by atoms with Gasteiger partial charge in [0.2, 0.25) is 0 Å². The molecule has 1 fully saturated rings. The molecule has 0 aromatic carbocycles. The second-order valence-electron chi connectivity index (χ2n) is 5.86. The minimum Gasteiger partial charge on any atom is -0.383 e. The van der Waals surface area contributed by atoms with Gasteiger partial charge in [-0.3, -0.25) is 4.90 Å². The zero-order chi connectivity index (χ0) is 13.4. The molecule has 1 atom stereocenters. The zero-order valence-corrected chi connectivity index (χ0v) is 11.9. The molecular formula is C14H23N5. The predicted octanol–water partition coefficient (Wildman–Crippen LogP) is 0.856. The largest absolute Gasteiger partial charge is 0.383 e. The van der Waals surface area contributed by atoms with Crippen molar-refractivity contribution in [3.63, 3.8) is 0 Å². The fraction of sp³-hybridized carbons (Fsp3) is 0.714. The van der Waals surface area contributed by atoms with Crippen molar-refractivity contribution in [2.24, 2.45) is 0 Å². The topological polar surface area (TPSA) is 58.3 Å². The zero-order valence-electron chi connectivity index (χ0n) is 11.9. The Kier molecular flexibility index (Phi) is 3.41. The number of likely N-dealkylation sites (N-methyl/N-ethyl adjacent to an activating group) is 2. The Balaban J connectivity index is 1.94. The first-order valence-electron chi connectivity index (χ1n) is 7.19. The van der Waals surface area contributed by atoms with Gasteiger partial charge in [-0.2, -0.15) is 0 Å². The van der Waals surface area contributed by atoms with Crippen molar-refractivity contribution in [2.45, 2.75) is 31.7 Å². The molecule has 0 radical (unpaired) electrons. The maximum atomic E-state index is 6.12. The van der Waals surface area contributed by atoms with Crippen LogP contribution in [0, 0.1) is 0 Å². The van der Waals surface area contributed by atoms with Gasteiger partial charge < -0.3 is 10.6 Å². The number of nitrogen functional groups attached to an aromatic ring is 1. The number of hydrogen-bond acceptors (Lipinski definition) is 5. The lowest BCUT2D eigenvalue weighted by Gasteiger charge is -2.26. The molecule has 0 bridgehead atoms. The molecule has 1 aliphatic heterocycles. The standard InChI is InChI=1S/C14H23N5/c1-18-7-4-8-19(2)12(9-18)14-16-11-6-3-5-10(11)13(15)17-14/h12H,3-9H2,1-2H3,(H2,15,16,17). The Hall–Kier alpha value is -1.20. The minimum absolute atomic E-state index is 0.265. The number of aromatic nitrogens is 2. The first-order valence-corrected chi connectivity index (χ1v) is 7.19. The molecule has 1 saturated heterocycles. The van der Waals surface area contributed by atoms with Crippen molar-refractivity contribution in [2.75, 3.05) is 39.5 Å². The van der Waals surface area contributed by atoms with Gasteiger partial charge in [-0.05, 0) is 52.9 Å². The first kappa shape index (κ1) is 12.8. The van der Waals surface area contributed by atoms with Crippen LogP contribution in [-0.4, -0.2) is 53.5 Å². The predicted molar refractivity (Wildman–Crippen MR) is 76.0 cm³/mol. The average Bonchev–Trinajstić information content (AvgIpc) is 2.77. The van der Waals surface area contributed by atoms with Gasteiger partial charge >= 0.3 is 0 Å². The molecule has 19 heavy (non-hydrogen) atoms. The van der Waals surface area contributed by atoms with Gasteiger partial charge in [0.05, 0.1) is 6.04 Å². The van der Waals surface area contributed by atoms with Crippen molar-refractivity contribution in [1.29, 1.82) is 0 Å². The summed E-state index contributed by atoms with van der Waals surface area (Å²) in [5.74, 6) is 1.62. The van der Waals surface area contributed by atoms with E-state index in [9.17, 15) is 0 Å². The molecule has 2 heterocycles. The number of hydrogen-bond donors (Lipinski definition) is 1. The third-order valence-electron chi connectivity index (χ3n) is 4.35. The second kappa shape index (κ2) is 5.06. The summed E-state index contributed by atoms with van der Waals surface area (Å²) in [6, 6.07) is 0.265. The Bertz CT molecular complexity index is 473. The lowest BCUT2D eigenvalue weighted by molar-refractivity contribution is 0.219. The first-order chi connectivity index (χ1) is 9.15. The number of nitrogens with zero attached hydrogens (tertiary/aromatic N) is 4. The fourth-order valence-corrected chi connectivity index (χ4v) is 3.18. The van der Waals surface area contributed by atoms with Gasteiger partial charge in [-0.1, -0.05) is 0 Å². The molecule has 1 aromatic rings. The Labute approximate surface area is 114 Å². The van der Waals surface area contributed by atoms with Crippen LogP contribution in [0.25, 0.3) is 0 Å². The highest BCUT2D eigenvalue weighted by atomic mass is 15.2. The molecule has 3 rings (SSSR count). The van der Waals surface area contributed by atoms with E-state index in [2.05, 4.69) is 28.9 Å². The van der Waals surface area contributed by atoms with Crippen molar-refractivity contribution in [1.82, 2.24) is 19.8 Å². The summed E-state index contributed by atoms with van der Waals surface area (Å²) in [4.78, 5) is 14.1. The SMILES string of the molecule is CN1CCCN(C)C(c2nc(N)c3c(n2)CCC3)C1. The number of aryl methyl sites for hydroxylation is 1. The van der Waals surface area contributed by atoms with E-state index in [0.29, 0.717) is 5.82 Å². The third-order valence-corrected chi connectivity index (χ3v) is 4.35. The van der Waals surface area contributed by atoms with Crippen molar-refractivity contribution < 1.29 is 0 Å². The van der Waals surface area contributed by atoms with Crippen LogP contribution in [0.3, 0.4) is 0 Å². The molecule has 5 nitrogen and oxygen atoms in total. The van der Waals surface area contributed by atoms with E-state index in [0.717, 1.165) is 44.7 Å². The fourth-order valence-electron chi connectivity index (χ4n) is 3.18. The van der Waals surface area contributed by atoms with Crippen LogP contribution in [0.1, 0.15) is 36.0 Å². The lowest BCUT2D eigenvalue weighted by Crippen LogP contribution is -2.32. The summed E-state index contributed by atoms with van der Waals surface area (Å²) in [6.45, 7) is 3.21. The van der Waals surface area contributed by atoms with Crippen molar-refractivity contribution >= 4 is 5.82 Å². The van der Waals surface area contributed by atoms with Gasteiger partial charge in [0.15, 0.2) is 0 Å². The van der Waals surface area contributed by atoms with Crippen LogP contribution in [-0.2, 0) is 12.8 Å². The van der Waals surface area contributed by atoms with Crippen LogP contribution in [0.5, 0.6) is 0 Å². The van der Waals surface area contributed by atoms with Gasteiger partial charge in [0.25, 0.3) is 0 Å². The van der Waals surface area contributed by atoms with Crippen molar-refractivity contribution in [3.8, 4) is 0 Å². The summed E-state index contributed by atoms with van der Waals surface area (Å²) >= 11 is 0. The van der Waals surface area contributed by atoms with E-state index in [1.807, 2.05) is 0 Å². The van der Waals surface area contributed by atoms with Crippen LogP contribution < -0.4 is 5.73 Å². The summed E-state index contributed by atoms with van der Waals surface area (Å²) in [7, 11) is 4.33. The average molecular weight is 261 g/mol. The molecule has 2 aliphatic rings. The Morgan fingerprint density at radius 3 is 2.79 bits per heavy atom. The minimum atomic E-state index is 0.265. The molecule has 104 valence electrons. The molecule has 0 saturated carbocycles. The maximum absolute atomic E-state index is 6.12. The van der Waals surface area contributed by atoms with Crippen molar-refractivity contribution in [3.05, 3.63) is 17.1 Å². The number of anilines is 1. The highest BCUT2D eigenvalue weighted by Crippen LogP contribution is 2.28.